The number of halogens is 2. The lowest BCUT2D eigenvalue weighted by atomic mass is 10.2. The normalized spacial score (nSPS) is 10.7. The summed E-state index contributed by atoms with van der Waals surface area (Å²) in [4.78, 5) is 0. The van der Waals surface area contributed by atoms with Gasteiger partial charge in [-0.1, -0.05) is 39.7 Å². The van der Waals surface area contributed by atoms with Gasteiger partial charge in [0.2, 0.25) is 0 Å². The molecule has 0 heterocycles. The Kier molecular flexibility index (Phi) is 7.19. The maximum absolute atomic E-state index is 5.99. The van der Waals surface area contributed by atoms with Crippen molar-refractivity contribution in [3.05, 3.63) is 63.1 Å². The molecule has 22 heavy (non-hydrogen) atoms. The van der Waals surface area contributed by atoms with Crippen LogP contribution in [0.1, 0.15) is 11.1 Å². The molecule has 3 nitrogen and oxygen atoms in total. The molecular weight excluding hydrogens is 366 g/mol. The van der Waals surface area contributed by atoms with Crippen LogP contribution in [-0.2, 0) is 17.9 Å². The average Bonchev–Trinajstić information content (AvgIpc) is 2.51. The number of methoxy groups -OCH3 is 1. The van der Waals surface area contributed by atoms with E-state index in [-0.39, 0.29) is 0 Å². The zero-order chi connectivity index (χ0) is 15.8. The first-order valence-corrected chi connectivity index (χ1v) is 8.21. The van der Waals surface area contributed by atoms with Crippen LogP contribution in [-0.4, -0.2) is 20.3 Å². The van der Waals surface area contributed by atoms with Gasteiger partial charge in [0.25, 0.3) is 0 Å². The lowest BCUT2D eigenvalue weighted by Gasteiger charge is -2.13. The number of hydrogen-bond donors (Lipinski definition) is 1. The van der Waals surface area contributed by atoms with E-state index in [9.17, 15) is 0 Å². The number of hydrogen-bond acceptors (Lipinski definition) is 3. The highest BCUT2D eigenvalue weighted by Gasteiger charge is 2.05. The predicted octanol–water partition coefficient (Wildman–Crippen LogP) is 4.42. The molecule has 2 aromatic carbocycles. The van der Waals surface area contributed by atoms with Crippen molar-refractivity contribution in [1.29, 1.82) is 0 Å². The van der Waals surface area contributed by atoms with Crippen molar-refractivity contribution in [2.45, 2.75) is 13.2 Å². The zero-order valence-corrected chi connectivity index (χ0v) is 14.8. The van der Waals surface area contributed by atoms with E-state index >= 15 is 0 Å². The first-order chi connectivity index (χ1) is 10.7. The minimum atomic E-state index is 0.493. The van der Waals surface area contributed by atoms with Crippen molar-refractivity contribution in [1.82, 2.24) is 5.32 Å². The van der Waals surface area contributed by atoms with Gasteiger partial charge < -0.3 is 14.8 Å². The minimum Gasteiger partial charge on any atom is -0.489 e. The topological polar surface area (TPSA) is 30.5 Å². The summed E-state index contributed by atoms with van der Waals surface area (Å²) in [6.45, 7) is 2.71. The molecule has 2 aromatic rings. The number of rotatable bonds is 8. The Morgan fingerprint density at radius 2 is 2.05 bits per heavy atom. The van der Waals surface area contributed by atoms with E-state index in [0.717, 1.165) is 39.5 Å². The highest BCUT2D eigenvalue weighted by atomic mass is 79.9. The third kappa shape index (κ3) is 5.61. The molecule has 0 bridgehead atoms. The van der Waals surface area contributed by atoms with Crippen molar-refractivity contribution in [2.75, 3.05) is 20.3 Å². The number of ether oxygens (including phenoxy) is 2. The second-order valence-electron chi connectivity index (χ2n) is 4.84. The molecular formula is C17H19BrClNO2. The zero-order valence-electron chi connectivity index (χ0n) is 12.4. The fourth-order valence-corrected chi connectivity index (χ4v) is 2.63. The van der Waals surface area contributed by atoms with Crippen LogP contribution in [0.4, 0.5) is 0 Å². The average molecular weight is 385 g/mol. The van der Waals surface area contributed by atoms with Crippen molar-refractivity contribution < 1.29 is 9.47 Å². The smallest absolute Gasteiger partial charge is 0.124 e. The van der Waals surface area contributed by atoms with Crippen molar-refractivity contribution in [2.24, 2.45) is 0 Å². The summed E-state index contributed by atoms with van der Waals surface area (Å²) in [5, 5.41) is 4.05. The Balaban J connectivity index is 1.99. The Morgan fingerprint density at radius 1 is 1.18 bits per heavy atom. The summed E-state index contributed by atoms with van der Waals surface area (Å²) in [5.41, 5.74) is 2.15. The summed E-state index contributed by atoms with van der Waals surface area (Å²) in [6.07, 6.45) is 0. The van der Waals surface area contributed by atoms with Crippen molar-refractivity contribution in [3.63, 3.8) is 0 Å². The minimum absolute atomic E-state index is 0.493. The number of benzene rings is 2. The van der Waals surface area contributed by atoms with Crippen LogP contribution in [0.15, 0.2) is 46.9 Å². The van der Waals surface area contributed by atoms with Crippen LogP contribution in [0, 0.1) is 0 Å². The van der Waals surface area contributed by atoms with Gasteiger partial charge in [-0.3, -0.25) is 0 Å². The van der Waals surface area contributed by atoms with Crippen molar-refractivity contribution >= 4 is 27.5 Å². The second kappa shape index (κ2) is 9.16. The molecule has 0 aliphatic rings. The molecule has 0 aromatic heterocycles. The molecule has 0 saturated carbocycles. The second-order valence-corrected chi connectivity index (χ2v) is 6.19. The van der Waals surface area contributed by atoms with E-state index in [2.05, 4.69) is 27.3 Å². The quantitative estimate of drug-likeness (QED) is 0.684. The molecule has 1 N–H and O–H groups in total. The molecule has 0 aliphatic carbocycles. The van der Waals surface area contributed by atoms with Crippen LogP contribution in [0.3, 0.4) is 0 Å². The molecule has 5 heteroatoms. The monoisotopic (exact) mass is 383 g/mol. The molecule has 0 fully saturated rings. The number of nitrogens with one attached hydrogen (secondary N) is 1. The molecule has 0 aliphatic heterocycles. The maximum Gasteiger partial charge on any atom is 0.124 e. The van der Waals surface area contributed by atoms with Crippen LogP contribution >= 0.6 is 27.5 Å². The molecule has 0 atom stereocenters. The van der Waals surface area contributed by atoms with Crippen LogP contribution in [0.25, 0.3) is 0 Å². The fourth-order valence-electron chi connectivity index (χ4n) is 2.01. The van der Waals surface area contributed by atoms with Gasteiger partial charge in [-0.25, -0.2) is 0 Å². The Hall–Kier alpha value is -1.07. The van der Waals surface area contributed by atoms with Crippen LogP contribution in [0.2, 0.25) is 5.02 Å². The van der Waals surface area contributed by atoms with Gasteiger partial charge in [0.15, 0.2) is 0 Å². The van der Waals surface area contributed by atoms with Crippen LogP contribution < -0.4 is 10.1 Å². The van der Waals surface area contributed by atoms with Gasteiger partial charge >= 0.3 is 0 Å². The van der Waals surface area contributed by atoms with Gasteiger partial charge in [0.1, 0.15) is 12.4 Å². The fraction of sp³-hybridized carbons (Fsp3) is 0.294. The van der Waals surface area contributed by atoms with E-state index in [1.807, 2.05) is 36.4 Å². The van der Waals surface area contributed by atoms with Crippen LogP contribution in [0.5, 0.6) is 5.75 Å². The van der Waals surface area contributed by atoms with Crippen molar-refractivity contribution in [3.8, 4) is 5.75 Å². The largest absolute Gasteiger partial charge is 0.489 e. The third-order valence-electron chi connectivity index (χ3n) is 3.10. The summed E-state index contributed by atoms with van der Waals surface area (Å²) >= 11 is 9.49. The van der Waals surface area contributed by atoms with Gasteiger partial charge in [-0.2, -0.15) is 0 Å². The predicted molar refractivity (Wildman–Crippen MR) is 93.5 cm³/mol. The van der Waals surface area contributed by atoms with Gasteiger partial charge in [-0.15, -0.1) is 0 Å². The first kappa shape index (κ1) is 17.3. The van der Waals surface area contributed by atoms with E-state index < -0.39 is 0 Å². The molecule has 0 spiro atoms. The Labute approximate surface area is 144 Å². The van der Waals surface area contributed by atoms with Gasteiger partial charge in [0.05, 0.1) is 6.61 Å². The summed E-state index contributed by atoms with van der Waals surface area (Å²) in [6, 6.07) is 13.7. The standard InChI is InChI=1S/C17H19BrClNO2/c1-21-8-7-20-11-14-10-15(18)5-6-17(14)22-12-13-3-2-4-16(19)9-13/h2-6,9-10,20H,7-8,11-12H2,1H3. The highest BCUT2D eigenvalue weighted by molar-refractivity contribution is 9.10. The van der Waals surface area contributed by atoms with E-state index in [1.165, 1.54) is 0 Å². The molecule has 118 valence electrons. The molecule has 0 saturated heterocycles. The highest BCUT2D eigenvalue weighted by Crippen LogP contribution is 2.24. The van der Waals surface area contributed by atoms with Gasteiger partial charge in [-0.05, 0) is 35.9 Å². The Bertz CT molecular complexity index is 607. The van der Waals surface area contributed by atoms with E-state index in [1.54, 1.807) is 7.11 Å². The summed E-state index contributed by atoms with van der Waals surface area (Å²) in [7, 11) is 1.69. The maximum atomic E-state index is 5.99. The molecule has 2 rings (SSSR count). The first-order valence-electron chi connectivity index (χ1n) is 7.04. The molecule has 0 amide bonds. The lowest BCUT2D eigenvalue weighted by Crippen LogP contribution is -2.19. The SMILES string of the molecule is COCCNCc1cc(Br)ccc1OCc1cccc(Cl)c1. The third-order valence-corrected chi connectivity index (χ3v) is 3.83. The summed E-state index contributed by atoms with van der Waals surface area (Å²) in [5.74, 6) is 0.869. The van der Waals surface area contributed by atoms with E-state index in [4.69, 9.17) is 21.1 Å². The van der Waals surface area contributed by atoms with E-state index in [0.29, 0.717) is 13.2 Å². The van der Waals surface area contributed by atoms with Gasteiger partial charge in [0, 0.05) is 35.3 Å². The molecule has 0 unspecified atom stereocenters. The lowest BCUT2D eigenvalue weighted by molar-refractivity contribution is 0.199. The molecule has 0 radical (unpaired) electrons. The Morgan fingerprint density at radius 3 is 2.82 bits per heavy atom. The summed E-state index contributed by atoms with van der Waals surface area (Å²) < 4.78 is 12.0.